The van der Waals surface area contributed by atoms with Crippen LogP contribution in [0.4, 0.5) is 0 Å². The number of aryl methyl sites for hydroxylation is 3. The molecule has 142 valence electrons. The SMILES string of the molecule is Cc1nn(C)c(C)c1CC(=O)NCc1c(C)nn(Cc2ccccc2)c1C. The topological polar surface area (TPSA) is 64.7 Å². The van der Waals surface area contributed by atoms with E-state index in [9.17, 15) is 4.79 Å². The number of carbonyl (C=O) groups is 1. The highest BCUT2D eigenvalue weighted by molar-refractivity contribution is 5.79. The van der Waals surface area contributed by atoms with Gasteiger partial charge in [0, 0.05) is 36.1 Å². The molecular weight excluding hydrogens is 338 g/mol. The molecule has 3 aromatic rings. The predicted octanol–water partition coefficient (Wildman–Crippen LogP) is 2.76. The van der Waals surface area contributed by atoms with Crippen molar-refractivity contribution in [2.24, 2.45) is 7.05 Å². The van der Waals surface area contributed by atoms with Crippen LogP contribution in [0.2, 0.25) is 0 Å². The van der Waals surface area contributed by atoms with Gasteiger partial charge in [0.25, 0.3) is 0 Å². The van der Waals surface area contributed by atoms with Crippen molar-refractivity contribution in [2.45, 2.75) is 47.2 Å². The summed E-state index contributed by atoms with van der Waals surface area (Å²) in [4.78, 5) is 12.4. The Kier molecular flexibility index (Phi) is 5.44. The minimum Gasteiger partial charge on any atom is -0.352 e. The largest absolute Gasteiger partial charge is 0.352 e. The molecule has 0 unspecified atom stereocenters. The number of rotatable bonds is 6. The normalized spacial score (nSPS) is 11.0. The zero-order chi connectivity index (χ0) is 19.6. The second-order valence-corrected chi connectivity index (χ2v) is 7.02. The highest BCUT2D eigenvalue weighted by Crippen LogP contribution is 2.16. The zero-order valence-electron chi connectivity index (χ0n) is 16.7. The van der Waals surface area contributed by atoms with Gasteiger partial charge in [0.15, 0.2) is 0 Å². The van der Waals surface area contributed by atoms with Gasteiger partial charge < -0.3 is 5.32 Å². The summed E-state index contributed by atoms with van der Waals surface area (Å²) in [5.41, 5.74) is 7.28. The first-order valence-electron chi connectivity index (χ1n) is 9.19. The van der Waals surface area contributed by atoms with Crippen LogP contribution in [-0.4, -0.2) is 25.5 Å². The molecule has 2 aromatic heterocycles. The van der Waals surface area contributed by atoms with Gasteiger partial charge >= 0.3 is 0 Å². The number of hydrogen-bond donors (Lipinski definition) is 1. The van der Waals surface area contributed by atoms with E-state index in [2.05, 4.69) is 34.6 Å². The average molecular weight is 365 g/mol. The van der Waals surface area contributed by atoms with Gasteiger partial charge in [-0.25, -0.2) is 0 Å². The van der Waals surface area contributed by atoms with E-state index in [0.29, 0.717) is 13.0 Å². The smallest absolute Gasteiger partial charge is 0.224 e. The maximum Gasteiger partial charge on any atom is 0.224 e. The molecule has 1 aromatic carbocycles. The van der Waals surface area contributed by atoms with Crippen LogP contribution in [0.3, 0.4) is 0 Å². The van der Waals surface area contributed by atoms with E-state index in [-0.39, 0.29) is 5.91 Å². The van der Waals surface area contributed by atoms with Crippen molar-refractivity contribution in [3.63, 3.8) is 0 Å². The average Bonchev–Trinajstić information content (AvgIpc) is 3.03. The molecule has 0 aliphatic carbocycles. The fraction of sp³-hybridized carbons (Fsp3) is 0.381. The molecule has 0 spiro atoms. The molecule has 6 nitrogen and oxygen atoms in total. The van der Waals surface area contributed by atoms with Crippen LogP contribution in [0, 0.1) is 27.7 Å². The third-order valence-corrected chi connectivity index (χ3v) is 5.17. The Labute approximate surface area is 160 Å². The van der Waals surface area contributed by atoms with Crippen LogP contribution in [0.15, 0.2) is 30.3 Å². The molecule has 0 aliphatic rings. The lowest BCUT2D eigenvalue weighted by atomic mass is 10.1. The lowest BCUT2D eigenvalue weighted by Gasteiger charge is -2.08. The lowest BCUT2D eigenvalue weighted by Crippen LogP contribution is -2.25. The van der Waals surface area contributed by atoms with Crippen molar-refractivity contribution in [3.8, 4) is 0 Å². The third kappa shape index (κ3) is 4.10. The fourth-order valence-electron chi connectivity index (χ4n) is 3.38. The van der Waals surface area contributed by atoms with Crippen LogP contribution in [0.1, 0.15) is 39.5 Å². The Bertz CT molecular complexity index is 953. The van der Waals surface area contributed by atoms with E-state index in [1.165, 1.54) is 5.56 Å². The Balaban J connectivity index is 1.66. The Morgan fingerprint density at radius 3 is 2.26 bits per heavy atom. The monoisotopic (exact) mass is 365 g/mol. The van der Waals surface area contributed by atoms with E-state index in [1.54, 1.807) is 0 Å². The molecule has 3 rings (SSSR count). The standard InChI is InChI=1S/C21H27N5O/c1-14-19(16(3)25(5)23-14)11-21(27)22-12-20-15(2)24-26(17(20)4)13-18-9-7-6-8-10-18/h6-10H,11-13H2,1-5H3,(H,22,27). The van der Waals surface area contributed by atoms with Crippen molar-refractivity contribution in [1.29, 1.82) is 0 Å². The molecule has 1 N–H and O–H groups in total. The van der Waals surface area contributed by atoms with Crippen molar-refractivity contribution < 1.29 is 4.79 Å². The Morgan fingerprint density at radius 1 is 0.963 bits per heavy atom. The first-order chi connectivity index (χ1) is 12.9. The maximum atomic E-state index is 12.4. The van der Waals surface area contributed by atoms with E-state index in [1.807, 2.05) is 55.4 Å². The van der Waals surface area contributed by atoms with Crippen molar-refractivity contribution in [3.05, 3.63) is 69.8 Å². The summed E-state index contributed by atoms with van der Waals surface area (Å²) in [5, 5.41) is 12.1. The predicted molar refractivity (Wildman–Crippen MR) is 105 cm³/mol. The van der Waals surface area contributed by atoms with Crippen LogP contribution in [-0.2, 0) is 31.4 Å². The Morgan fingerprint density at radius 2 is 1.63 bits per heavy atom. The number of amides is 1. The van der Waals surface area contributed by atoms with Crippen LogP contribution >= 0.6 is 0 Å². The first kappa shape index (κ1) is 18.9. The van der Waals surface area contributed by atoms with Gasteiger partial charge in [-0.15, -0.1) is 0 Å². The second kappa shape index (κ2) is 7.78. The lowest BCUT2D eigenvalue weighted by molar-refractivity contribution is -0.120. The van der Waals surface area contributed by atoms with Gasteiger partial charge in [0.2, 0.25) is 5.91 Å². The number of benzene rings is 1. The summed E-state index contributed by atoms with van der Waals surface area (Å²) in [5.74, 6) is 0.00353. The summed E-state index contributed by atoms with van der Waals surface area (Å²) >= 11 is 0. The van der Waals surface area contributed by atoms with Gasteiger partial charge in [-0.3, -0.25) is 14.2 Å². The summed E-state index contributed by atoms with van der Waals surface area (Å²) in [7, 11) is 1.90. The zero-order valence-corrected chi connectivity index (χ0v) is 16.7. The van der Waals surface area contributed by atoms with E-state index in [0.717, 1.165) is 40.4 Å². The highest BCUT2D eigenvalue weighted by Gasteiger charge is 2.16. The molecular formula is C21H27N5O. The minimum absolute atomic E-state index is 0.00353. The first-order valence-corrected chi connectivity index (χ1v) is 9.19. The van der Waals surface area contributed by atoms with Crippen molar-refractivity contribution in [2.75, 3.05) is 0 Å². The molecule has 1 amide bonds. The summed E-state index contributed by atoms with van der Waals surface area (Å²) in [6.07, 6.45) is 0.349. The van der Waals surface area contributed by atoms with Gasteiger partial charge in [-0.2, -0.15) is 10.2 Å². The van der Waals surface area contributed by atoms with E-state index < -0.39 is 0 Å². The van der Waals surface area contributed by atoms with E-state index in [4.69, 9.17) is 0 Å². The third-order valence-electron chi connectivity index (χ3n) is 5.17. The van der Waals surface area contributed by atoms with Gasteiger partial charge in [0.05, 0.1) is 24.4 Å². The molecule has 0 radical (unpaired) electrons. The van der Waals surface area contributed by atoms with Crippen LogP contribution in [0.25, 0.3) is 0 Å². The van der Waals surface area contributed by atoms with Gasteiger partial charge in [-0.05, 0) is 33.3 Å². The quantitative estimate of drug-likeness (QED) is 0.730. The Hall–Kier alpha value is -2.89. The van der Waals surface area contributed by atoms with Crippen LogP contribution < -0.4 is 5.32 Å². The molecule has 0 aliphatic heterocycles. The van der Waals surface area contributed by atoms with Crippen molar-refractivity contribution >= 4 is 5.91 Å². The highest BCUT2D eigenvalue weighted by atomic mass is 16.1. The second-order valence-electron chi connectivity index (χ2n) is 7.02. The molecule has 27 heavy (non-hydrogen) atoms. The van der Waals surface area contributed by atoms with Gasteiger partial charge in [-0.1, -0.05) is 30.3 Å². The summed E-state index contributed by atoms with van der Waals surface area (Å²) < 4.78 is 3.82. The molecule has 0 saturated carbocycles. The summed E-state index contributed by atoms with van der Waals surface area (Å²) in [6, 6.07) is 10.3. The van der Waals surface area contributed by atoms with Crippen molar-refractivity contribution in [1.82, 2.24) is 24.9 Å². The maximum absolute atomic E-state index is 12.4. The molecule has 6 heteroatoms. The number of nitrogens with one attached hydrogen (secondary N) is 1. The molecule has 0 atom stereocenters. The number of nitrogens with zero attached hydrogens (tertiary/aromatic N) is 4. The van der Waals surface area contributed by atoms with E-state index >= 15 is 0 Å². The fourth-order valence-corrected chi connectivity index (χ4v) is 3.38. The minimum atomic E-state index is 0.00353. The summed E-state index contributed by atoms with van der Waals surface area (Å²) in [6.45, 7) is 9.20. The number of carbonyl (C=O) groups excluding carboxylic acids is 1. The number of hydrogen-bond acceptors (Lipinski definition) is 3. The molecule has 0 saturated heterocycles. The van der Waals surface area contributed by atoms with Crippen LogP contribution in [0.5, 0.6) is 0 Å². The molecule has 0 fully saturated rings. The molecule has 0 bridgehead atoms. The molecule has 2 heterocycles. The van der Waals surface area contributed by atoms with Gasteiger partial charge in [0.1, 0.15) is 0 Å². The number of aromatic nitrogens is 4.